The van der Waals surface area contributed by atoms with Gasteiger partial charge in [0.15, 0.2) is 5.71 Å². The standard InChI is InChI=1S/C20H20N8O7S2/c1-27-20(23-25-26-27)37-8-10-7-36-17-13(16(30)28(17)14(10)18(31)32)22-15(29)12(24-34-2)9-4-3-5-11(6-9)35-19(21)33/h3-6,13,17H,7-8H2,1-2H3,(H2,21,33)(H,22,29)(H,31,32)/b24-12+/t13?,17-/m1/s1. The highest BCUT2D eigenvalue weighted by molar-refractivity contribution is 8.01. The predicted molar refractivity (Wildman–Crippen MR) is 129 cm³/mol. The van der Waals surface area contributed by atoms with Gasteiger partial charge in [-0.1, -0.05) is 29.1 Å². The number of aryl methyl sites for hydroxylation is 1. The Hall–Kier alpha value is -4.12. The van der Waals surface area contributed by atoms with Crippen LogP contribution in [0, 0.1) is 0 Å². The zero-order chi connectivity index (χ0) is 26.7. The maximum absolute atomic E-state index is 13.0. The van der Waals surface area contributed by atoms with Gasteiger partial charge in [-0.3, -0.25) is 14.5 Å². The Balaban J connectivity index is 1.50. The van der Waals surface area contributed by atoms with Gasteiger partial charge in [0.05, 0.1) is 0 Å². The number of fused-ring (bicyclic) bond motifs is 1. The number of oxime groups is 1. The second kappa shape index (κ2) is 10.9. The van der Waals surface area contributed by atoms with Crippen LogP contribution in [-0.2, 0) is 26.3 Å². The van der Waals surface area contributed by atoms with Crippen molar-refractivity contribution in [2.24, 2.45) is 17.9 Å². The van der Waals surface area contributed by atoms with Crippen molar-refractivity contribution in [2.45, 2.75) is 16.6 Å². The Bertz CT molecular complexity index is 1330. The summed E-state index contributed by atoms with van der Waals surface area (Å²) in [6, 6.07) is 4.86. The molecular formula is C20H20N8O7S2. The molecule has 3 amide bonds. The zero-order valence-corrected chi connectivity index (χ0v) is 21.0. The van der Waals surface area contributed by atoms with Gasteiger partial charge >= 0.3 is 12.1 Å². The van der Waals surface area contributed by atoms with Crippen LogP contribution in [0.1, 0.15) is 5.56 Å². The number of amides is 3. The van der Waals surface area contributed by atoms with Gasteiger partial charge in [-0.05, 0) is 28.1 Å². The summed E-state index contributed by atoms with van der Waals surface area (Å²) in [6.45, 7) is 0. The van der Waals surface area contributed by atoms with Gasteiger partial charge in [-0.25, -0.2) is 14.3 Å². The van der Waals surface area contributed by atoms with E-state index in [2.05, 4.69) is 26.0 Å². The number of ether oxygens (including phenoxy) is 1. The summed E-state index contributed by atoms with van der Waals surface area (Å²) >= 11 is 2.57. The number of nitrogens with zero attached hydrogens (tertiary/aromatic N) is 6. The molecule has 0 spiro atoms. The van der Waals surface area contributed by atoms with Crippen LogP contribution in [0.15, 0.2) is 45.8 Å². The molecule has 2 aliphatic heterocycles. The highest BCUT2D eigenvalue weighted by atomic mass is 32.2. The normalized spacial score (nSPS) is 19.1. The molecule has 0 radical (unpaired) electrons. The van der Waals surface area contributed by atoms with Gasteiger partial charge in [-0.2, -0.15) is 0 Å². The van der Waals surface area contributed by atoms with Gasteiger partial charge < -0.3 is 25.7 Å². The quantitative estimate of drug-likeness (QED) is 0.158. The molecule has 4 rings (SSSR count). The molecule has 2 aliphatic rings. The number of tetrazole rings is 1. The van der Waals surface area contributed by atoms with Crippen LogP contribution >= 0.6 is 23.5 Å². The molecule has 0 saturated carbocycles. The largest absolute Gasteiger partial charge is 0.477 e. The predicted octanol–water partition coefficient (Wildman–Crippen LogP) is -0.451. The van der Waals surface area contributed by atoms with Gasteiger partial charge in [0.25, 0.3) is 11.8 Å². The summed E-state index contributed by atoms with van der Waals surface area (Å²) in [5.41, 5.74) is 5.50. The number of benzene rings is 1. The van der Waals surface area contributed by atoms with Gasteiger partial charge in [0.1, 0.15) is 30.0 Å². The van der Waals surface area contributed by atoms with E-state index in [4.69, 9.17) is 15.3 Å². The number of aliphatic carboxylic acids is 1. The molecule has 1 saturated heterocycles. The van der Waals surface area contributed by atoms with Crippen LogP contribution in [0.2, 0.25) is 0 Å². The maximum atomic E-state index is 13.0. The first-order valence-electron chi connectivity index (χ1n) is 10.5. The fourth-order valence-corrected chi connectivity index (χ4v) is 5.97. The van der Waals surface area contributed by atoms with Gasteiger partial charge in [0.2, 0.25) is 5.16 Å². The minimum absolute atomic E-state index is 0.0778. The lowest BCUT2D eigenvalue weighted by Gasteiger charge is -2.49. The lowest BCUT2D eigenvalue weighted by atomic mass is 10.0. The molecule has 15 nitrogen and oxygen atoms in total. The van der Waals surface area contributed by atoms with Crippen molar-refractivity contribution in [1.82, 2.24) is 30.4 Å². The number of carbonyl (C=O) groups excluding carboxylic acids is 3. The van der Waals surface area contributed by atoms with E-state index in [0.29, 0.717) is 16.5 Å². The van der Waals surface area contributed by atoms with Crippen molar-refractivity contribution >= 4 is 53.1 Å². The number of thioether (sulfide) groups is 2. The topological polar surface area (TPSA) is 204 Å². The van der Waals surface area contributed by atoms with Crippen LogP contribution in [0.5, 0.6) is 5.75 Å². The third-order valence-electron chi connectivity index (χ3n) is 5.22. The SMILES string of the molecule is CO/N=C(/C(=O)NC1C(=O)N2C(C(=O)O)=C(CSc3nnnn3C)CS[C@H]12)c1cccc(OC(N)=O)c1. The molecule has 1 aromatic heterocycles. The van der Waals surface area contributed by atoms with Crippen LogP contribution in [0.3, 0.4) is 0 Å². The van der Waals surface area contributed by atoms with Crippen molar-refractivity contribution in [1.29, 1.82) is 0 Å². The van der Waals surface area contributed by atoms with E-state index in [1.165, 1.54) is 64.5 Å². The Morgan fingerprint density at radius 2 is 2.16 bits per heavy atom. The molecule has 2 atom stereocenters. The summed E-state index contributed by atoms with van der Waals surface area (Å²) in [7, 11) is 2.90. The van der Waals surface area contributed by atoms with Crippen LogP contribution < -0.4 is 15.8 Å². The lowest BCUT2D eigenvalue weighted by molar-refractivity contribution is -0.150. The summed E-state index contributed by atoms with van der Waals surface area (Å²) < 4.78 is 6.29. The van der Waals surface area contributed by atoms with Crippen molar-refractivity contribution in [2.75, 3.05) is 18.6 Å². The van der Waals surface area contributed by atoms with Crippen LogP contribution in [0.25, 0.3) is 0 Å². The van der Waals surface area contributed by atoms with E-state index in [1.807, 2.05) is 0 Å². The first kappa shape index (κ1) is 26.0. The zero-order valence-electron chi connectivity index (χ0n) is 19.4. The highest BCUT2D eigenvalue weighted by Crippen LogP contribution is 2.41. The monoisotopic (exact) mass is 548 g/mol. The number of nitrogens with two attached hydrogens (primary N) is 1. The number of primary amides is 1. The first-order valence-corrected chi connectivity index (χ1v) is 12.5. The van der Waals surface area contributed by atoms with E-state index >= 15 is 0 Å². The van der Waals surface area contributed by atoms with Crippen LogP contribution in [-0.4, -0.2) is 89.8 Å². The number of nitrogens with one attached hydrogen (secondary N) is 1. The molecule has 0 bridgehead atoms. The second-order valence-corrected chi connectivity index (χ2v) is 9.61. The molecule has 3 heterocycles. The molecule has 1 unspecified atom stereocenters. The Morgan fingerprint density at radius 3 is 2.81 bits per heavy atom. The van der Waals surface area contributed by atoms with E-state index < -0.39 is 35.3 Å². The number of hydrogen-bond acceptors (Lipinski definition) is 12. The molecule has 2 aromatic rings. The Kier molecular flexibility index (Phi) is 7.63. The van der Waals surface area contributed by atoms with Crippen molar-refractivity contribution < 1.29 is 33.9 Å². The van der Waals surface area contributed by atoms with Crippen molar-refractivity contribution in [3.05, 3.63) is 41.1 Å². The molecular weight excluding hydrogens is 528 g/mol. The highest BCUT2D eigenvalue weighted by Gasteiger charge is 2.54. The molecule has 4 N–H and O–H groups in total. The molecule has 37 heavy (non-hydrogen) atoms. The van der Waals surface area contributed by atoms with Gasteiger partial charge in [0, 0.05) is 24.1 Å². The lowest BCUT2D eigenvalue weighted by Crippen LogP contribution is -2.71. The summed E-state index contributed by atoms with van der Waals surface area (Å²) in [5, 5.41) is 27.2. The number of hydrogen-bond donors (Lipinski definition) is 3. The summed E-state index contributed by atoms with van der Waals surface area (Å²) in [4.78, 5) is 55.1. The smallest absolute Gasteiger partial charge is 0.409 e. The fraction of sp³-hybridized carbons (Fsp3) is 0.300. The Morgan fingerprint density at radius 1 is 1.38 bits per heavy atom. The van der Waals surface area contributed by atoms with Crippen LogP contribution in [0.4, 0.5) is 4.79 Å². The second-order valence-electron chi connectivity index (χ2n) is 7.56. The maximum Gasteiger partial charge on any atom is 0.409 e. The minimum Gasteiger partial charge on any atom is -0.477 e. The number of β-lactam (4-membered cyclic amide) rings is 1. The number of aromatic nitrogens is 4. The number of carboxylic acids is 1. The van der Waals surface area contributed by atoms with E-state index in [9.17, 15) is 24.3 Å². The summed E-state index contributed by atoms with van der Waals surface area (Å²) in [6.07, 6.45) is -1.03. The average molecular weight is 549 g/mol. The van der Waals surface area contributed by atoms with E-state index in [-0.39, 0.29) is 28.5 Å². The molecule has 1 fully saturated rings. The van der Waals surface area contributed by atoms with E-state index in [0.717, 1.165) is 0 Å². The van der Waals surface area contributed by atoms with E-state index in [1.54, 1.807) is 7.05 Å². The molecule has 0 aliphatic carbocycles. The van der Waals surface area contributed by atoms with Gasteiger partial charge in [-0.15, -0.1) is 16.9 Å². The Labute approximate surface area is 217 Å². The molecule has 17 heteroatoms. The number of carbonyl (C=O) groups is 4. The number of rotatable bonds is 9. The number of carboxylic acid groups (broad SMARTS) is 1. The van der Waals surface area contributed by atoms with Crippen molar-refractivity contribution in [3.8, 4) is 5.75 Å². The average Bonchev–Trinajstić information content (AvgIpc) is 3.27. The summed E-state index contributed by atoms with van der Waals surface area (Å²) in [5.74, 6) is -1.89. The minimum atomic E-state index is -1.25. The molecule has 1 aromatic carbocycles. The van der Waals surface area contributed by atoms with Crippen molar-refractivity contribution in [3.63, 3.8) is 0 Å². The fourth-order valence-electron chi connectivity index (χ4n) is 3.64. The third-order valence-corrected chi connectivity index (χ3v) is 7.65. The third kappa shape index (κ3) is 5.36. The first-order chi connectivity index (χ1) is 17.7. The molecule has 194 valence electrons.